The lowest BCUT2D eigenvalue weighted by molar-refractivity contribution is 0.204. The maximum atomic E-state index is 12.9. The minimum atomic E-state index is -0.371. The molecule has 1 aliphatic rings. The number of carbonyl (C=O) groups is 1. The van der Waals surface area contributed by atoms with Gasteiger partial charge in [0.05, 0.1) is 11.6 Å². The molecule has 1 N–H and O–H groups in total. The van der Waals surface area contributed by atoms with Crippen molar-refractivity contribution in [1.29, 1.82) is 0 Å². The van der Waals surface area contributed by atoms with Gasteiger partial charge in [-0.2, -0.15) is 4.98 Å². The van der Waals surface area contributed by atoms with Gasteiger partial charge < -0.3 is 9.84 Å². The van der Waals surface area contributed by atoms with Crippen LogP contribution in [-0.2, 0) is 0 Å². The molecule has 4 rings (SSSR count). The molecular weight excluding hydrogens is 412 g/mol. The summed E-state index contributed by atoms with van der Waals surface area (Å²) in [6.45, 7) is 4.73. The van der Waals surface area contributed by atoms with E-state index in [0.717, 1.165) is 41.7 Å². The average molecular weight is 437 g/mol. The van der Waals surface area contributed by atoms with Crippen LogP contribution in [0.5, 0.6) is 0 Å². The number of halogens is 1. The zero-order valence-electron chi connectivity index (χ0n) is 17.6. The molecule has 2 amide bonds. The zero-order valence-corrected chi connectivity index (χ0v) is 18.4. The monoisotopic (exact) mass is 436 g/mol. The van der Waals surface area contributed by atoms with Gasteiger partial charge in [0.1, 0.15) is 0 Å². The fourth-order valence-electron chi connectivity index (χ4n) is 3.82. The Bertz CT molecular complexity index is 1090. The van der Waals surface area contributed by atoms with Crippen LogP contribution in [0.3, 0.4) is 0 Å². The Morgan fingerprint density at radius 2 is 1.94 bits per heavy atom. The minimum Gasteiger partial charge on any atom is -0.334 e. The summed E-state index contributed by atoms with van der Waals surface area (Å²) in [7, 11) is 0. The molecule has 0 saturated carbocycles. The van der Waals surface area contributed by atoms with E-state index in [0.29, 0.717) is 23.3 Å². The lowest BCUT2D eigenvalue weighted by atomic mass is 9.94. The topological polar surface area (TPSA) is 71.3 Å². The van der Waals surface area contributed by atoms with Gasteiger partial charge in [-0.15, -0.1) is 0 Å². The molecule has 0 fully saturated rings. The number of hydrogen-bond donors (Lipinski definition) is 1. The largest absolute Gasteiger partial charge is 0.334 e. The molecule has 6 nitrogen and oxygen atoms in total. The number of nitrogens with zero attached hydrogens (tertiary/aromatic N) is 3. The van der Waals surface area contributed by atoms with E-state index in [-0.39, 0.29) is 12.1 Å². The number of hydrogen-bond acceptors (Lipinski definition) is 4. The second-order valence-corrected chi connectivity index (χ2v) is 8.02. The lowest BCUT2D eigenvalue weighted by Crippen LogP contribution is -2.46. The maximum Gasteiger partial charge on any atom is 0.322 e. The number of unbranched alkanes of at least 4 members (excludes halogenated alkanes) is 2. The van der Waals surface area contributed by atoms with Crippen molar-refractivity contribution in [3.8, 4) is 11.4 Å². The molecular formula is C24H25ClN4O2. The van der Waals surface area contributed by atoms with Gasteiger partial charge in [0, 0.05) is 22.8 Å². The molecule has 0 aliphatic carbocycles. The van der Waals surface area contributed by atoms with Crippen molar-refractivity contribution >= 4 is 23.2 Å². The second kappa shape index (κ2) is 9.35. The SMILES string of the molecule is CCCCCN1C(=O)NC(c2ccccc2)C(c2nc(-c3cccc(Cl)c3)no2)=C1C. The number of rotatable bonds is 7. The predicted molar refractivity (Wildman–Crippen MR) is 121 cm³/mol. The minimum absolute atomic E-state index is 0.110. The molecule has 1 aromatic heterocycles. The molecule has 1 unspecified atom stereocenters. The first-order chi connectivity index (χ1) is 15.1. The Morgan fingerprint density at radius 1 is 1.13 bits per heavy atom. The number of amides is 2. The summed E-state index contributed by atoms with van der Waals surface area (Å²) in [5, 5.41) is 7.91. The standard InChI is InChI=1S/C24H25ClN4O2/c1-3-4-8-14-29-16(2)20(21(26-24(29)30)17-10-6-5-7-11-17)23-27-22(28-31-23)18-12-9-13-19(25)15-18/h5-7,9-13,15,21H,3-4,8,14H2,1-2H3,(H,26,30). The first kappa shape index (κ1) is 21.1. The van der Waals surface area contributed by atoms with Crippen LogP contribution in [-0.4, -0.2) is 27.6 Å². The fraction of sp³-hybridized carbons (Fsp3) is 0.292. The number of allylic oxidation sites excluding steroid dienone is 1. The van der Waals surface area contributed by atoms with Gasteiger partial charge in [-0.1, -0.05) is 79.0 Å². The Kier molecular flexibility index (Phi) is 6.37. The fourth-order valence-corrected chi connectivity index (χ4v) is 4.01. The molecule has 0 spiro atoms. The van der Waals surface area contributed by atoms with Crippen LogP contribution in [0.2, 0.25) is 5.02 Å². The number of aromatic nitrogens is 2. The first-order valence-corrected chi connectivity index (χ1v) is 10.9. The Morgan fingerprint density at radius 3 is 2.68 bits per heavy atom. The van der Waals surface area contributed by atoms with Crippen LogP contribution in [0.4, 0.5) is 4.79 Å². The summed E-state index contributed by atoms with van der Waals surface area (Å²) in [6.07, 6.45) is 3.08. The smallest absolute Gasteiger partial charge is 0.322 e. The third-order valence-corrected chi connectivity index (χ3v) is 5.69. The van der Waals surface area contributed by atoms with Gasteiger partial charge in [-0.25, -0.2) is 4.79 Å². The number of carbonyl (C=O) groups excluding carboxylic acids is 1. The van der Waals surface area contributed by atoms with E-state index in [1.807, 2.05) is 49.4 Å². The second-order valence-electron chi connectivity index (χ2n) is 7.58. The van der Waals surface area contributed by atoms with Crippen molar-refractivity contribution in [1.82, 2.24) is 20.4 Å². The van der Waals surface area contributed by atoms with Gasteiger partial charge in [0.2, 0.25) is 5.82 Å². The molecule has 2 aromatic carbocycles. The van der Waals surface area contributed by atoms with Crippen molar-refractivity contribution in [2.75, 3.05) is 6.54 Å². The van der Waals surface area contributed by atoms with Crippen molar-refractivity contribution in [2.24, 2.45) is 0 Å². The summed E-state index contributed by atoms with van der Waals surface area (Å²) in [6, 6.07) is 16.7. The zero-order chi connectivity index (χ0) is 21.8. The first-order valence-electron chi connectivity index (χ1n) is 10.5. The van der Waals surface area contributed by atoms with Crippen molar-refractivity contribution in [3.63, 3.8) is 0 Å². The summed E-state index contributed by atoms with van der Waals surface area (Å²) in [5.74, 6) is 0.848. The molecule has 160 valence electrons. The average Bonchev–Trinajstić information content (AvgIpc) is 3.26. The van der Waals surface area contributed by atoms with Crippen LogP contribution < -0.4 is 5.32 Å². The molecule has 0 bridgehead atoms. The molecule has 7 heteroatoms. The van der Waals surface area contributed by atoms with Gasteiger partial charge in [-0.05, 0) is 31.0 Å². The van der Waals surface area contributed by atoms with Gasteiger partial charge in [0.15, 0.2) is 0 Å². The quantitative estimate of drug-likeness (QED) is 0.456. The maximum absolute atomic E-state index is 12.9. The highest BCUT2D eigenvalue weighted by Crippen LogP contribution is 2.37. The van der Waals surface area contributed by atoms with Crippen molar-refractivity contribution in [3.05, 3.63) is 76.8 Å². The van der Waals surface area contributed by atoms with Gasteiger partial charge in [-0.3, -0.25) is 4.90 Å². The van der Waals surface area contributed by atoms with E-state index in [9.17, 15) is 4.79 Å². The highest BCUT2D eigenvalue weighted by molar-refractivity contribution is 6.30. The highest BCUT2D eigenvalue weighted by Gasteiger charge is 2.35. The lowest BCUT2D eigenvalue weighted by Gasteiger charge is -2.35. The molecule has 0 saturated heterocycles. The van der Waals surface area contributed by atoms with E-state index in [1.54, 1.807) is 17.0 Å². The van der Waals surface area contributed by atoms with Crippen LogP contribution in [0.25, 0.3) is 17.0 Å². The van der Waals surface area contributed by atoms with E-state index >= 15 is 0 Å². The summed E-state index contributed by atoms with van der Waals surface area (Å²) >= 11 is 6.12. The van der Waals surface area contributed by atoms with Crippen LogP contribution in [0.15, 0.2) is 64.8 Å². The molecule has 1 aliphatic heterocycles. The van der Waals surface area contributed by atoms with E-state index in [2.05, 4.69) is 22.4 Å². The molecule has 31 heavy (non-hydrogen) atoms. The third kappa shape index (κ3) is 4.49. The number of urea groups is 1. The van der Waals surface area contributed by atoms with E-state index in [4.69, 9.17) is 16.1 Å². The normalized spacial score (nSPS) is 16.5. The van der Waals surface area contributed by atoms with Crippen molar-refractivity contribution in [2.45, 2.75) is 39.2 Å². The predicted octanol–water partition coefficient (Wildman–Crippen LogP) is 6.08. The van der Waals surface area contributed by atoms with Gasteiger partial charge in [0.25, 0.3) is 5.89 Å². The van der Waals surface area contributed by atoms with E-state index < -0.39 is 0 Å². The van der Waals surface area contributed by atoms with Crippen LogP contribution in [0.1, 0.15) is 50.6 Å². The summed E-state index contributed by atoms with van der Waals surface area (Å²) < 4.78 is 5.69. The number of benzene rings is 2. The summed E-state index contributed by atoms with van der Waals surface area (Å²) in [5.41, 5.74) is 3.37. The van der Waals surface area contributed by atoms with E-state index in [1.165, 1.54) is 0 Å². The Balaban J connectivity index is 1.76. The van der Waals surface area contributed by atoms with Crippen LogP contribution >= 0.6 is 11.6 Å². The third-order valence-electron chi connectivity index (χ3n) is 5.45. The van der Waals surface area contributed by atoms with Crippen molar-refractivity contribution < 1.29 is 9.32 Å². The molecule has 3 aromatic rings. The number of nitrogens with one attached hydrogen (secondary N) is 1. The summed E-state index contributed by atoms with van der Waals surface area (Å²) in [4.78, 5) is 19.3. The molecule has 2 heterocycles. The molecule has 1 atom stereocenters. The Hall–Kier alpha value is -3.12. The molecule has 0 radical (unpaired) electrons. The Labute approximate surface area is 186 Å². The van der Waals surface area contributed by atoms with Crippen LogP contribution in [0, 0.1) is 0 Å². The van der Waals surface area contributed by atoms with Gasteiger partial charge >= 0.3 is 6.03 Å². The highest BCUT2D eigenvalue weighted by atomic mass is 35.5.